The van der Waals surface area contributed by atoms with Gasteiger partial charge in [0.05, 0.1) is 46.3 Å². The fraction of sp³-hybridized carbons (Fsp3) is 0.192. The Morgan fingerprint density at radius 2 is 1.22 bits per heavy atom. The third-order valence-electron chi connectivity index (χ3n) is 5.13. The van der Waals surface area contributed by atoms with Crippen LogP contribution in [0.1, 0.15) is 10.4 Å². The molecule has 0 atom stereocenters. The SMILES string of the molecule is COc1cc(OC)nc(Oc2cccc(Oc3nc(OC)cc(OC)n3)c2C(=O)O)n1.Nc1c(Cl)c(F)nc(OCC(=O)O)c1Cl. The van der Waals surface area contributed by atoms with Gasteiger partial charge >= 0.3 is 24.0 Å². The zero-order chi connectivity index (χ0) is 34.0. The largest absolute Gasteiger partial charge is 0.481 e. The average molecular weight is 685 g/mol. The highest BCUT2D eigenvalue weighted by molar-refractivity contribution is 6.39. The van der Waals surface area contributed by atoms with Crippen LogP contribution in [0, 0.1) is 5.95 Å². The number of aliphatic carboxylic acids is 1. The van der Waals surface area contributed by atoms with Crippen molar-refractivity contribution in [2.75, 3.05) is 40.8 Å². The van der Waals surface area contributed by atoms with Gasteiger partial charge in [-0.25, -0.2) is 9.59 Å². The topological polar surface area (TPSA) is 230 Å². The van der Waals surface area contributed by atoms with E-state index in [1.807, 2.05) is 0 Å². The lowest BCUT2D eigenvalue weighted by Gasteiger charge is -2.13. The number of benzene rings is 1. The number of carboxylic acids is 2. The summed E-state index contributed by atoms with van der Waals surface area (Å²) in [5.41, 5.74) is 4.77. The van der Waals surface area contributed by atoms with Gasteiger partial charge in [0, 0.05) is 0 Å². The summed E-state index contributed by atoms with van der Waals surface area (Å²) < 4.78 is 49.0. The number of nitrogens with zero attached hydrogens (tertiary/aromatic N) is 5. The Morgan fingerprint density at radius 1 is 0.783 bits per heavy atom. The highest BCUT2D eigenvalue weighted by Gasteiger charge is 2.22. The molecule has 0 aliphatic heterocycles. The Labute approximate surface area is 268 Å². The van der Waals surface area contributed by atoms with Gasteiger partial charge in [0.25, 0.3) is 0 Å². The zero-order valence-electron chi connectivity index (χ0n) is 24.1. The Morgan fingerprint density at radius 3 is 1.59 bits per heavy atom. The number of pyridine rings is 1. The van der Waals surface area contributed by atoms with Gasteiger partial charge in [-0.2, -0.15) is 29.3 Å². The van der Waals surface area contributed by atoms with Gasteiger partial charge in [0.1, 0.15) is 27.1 Å². The smallest absolute Gasteiger partial charge is 0.343 e. The molecule has 0 radical (unpaired) electrons. The van der Waals surface area contributed by atoms with Crippen LogP contribution in [-0.2, 0) is 4.79 Å². The Kier molecular flexibility index (Phi) is 12.1. The summed E-state index contributed by atoms with van der Waals surface area (Å²) in [5.74, 6) is -3.54. The Hall–Kier alpha value is -5.62. The van der Waals surface area contributed by atoms with E-state index in [9.17, 15) is 19.1 Å². The normalized spacial score (nSPS) is 10.2. The number of halogens is 3. The van der Waals surface area contributed by atoms with E-state index in [-0.39, 0.29) is 63.3 Å². The second-order valence-corrected chi connectivity index (χ2v) is 8.80. The molecule has 4 aromatic rings. The van der Waals surface area contributed by atoms with Crippen molar-refractivity contribution in [2.45, 2.75) is 0 Å². The van der Waals surface area contributed by atoms with E-state index in [0.29, 0.717) is 0 Å². The summed E-state index contributed by atoms with van der Waals surface area (Å²) in [5, 5.41) is 17.4. The van der Waals surface area contributed by atoms with Gasteiger partial charge in [-0.05, 0) is 12.1 Å². The lowest BCUT2D eigenvalue weighted by atomic mass is 10.2. The van der Waals surface area contributed by atoms with E-state index in [1.165, 1.54) is 58.8 Å². The minimum absolute atomic E-state index is 0.0878. The lowest BCUT2D eigenvalue weighted by Crippen LogP contribution is -2.11. The number of anilines is 1. The van der Waals surface area contributed by atoms with Crippen LogP contribution < -0.4 is 38.9 Å². The third kappa shape index (κ3) is 8.96. The molecule has 0 amide bonds. The first-order valence-electron chi connectivity index (χ1n) is 12.2. The molecule has 0 unspecified atom stereocenters. The van der Waals surface area contributed by atoms with E-state index >= 15 is 0 Å². The summed E-state index contributed by atoms with van der Waals surface area (Å²) in [6.45, 7) is -0.701. The van der Waals surface area contributed by atoms with Gasteiger partial charge in [0.2, 0.25) is 35.3 Å². The number of aromatic carboxylic acids is 1. The number of aromatic nitrogens is 5. The van der Waals surface area contributed by atoms with Gasteiger partial charge in [-0.3, -0.25) is 0 Å². The number of nitrogens with two attached hydrogens (primary N) is 1. The molecular weight excluding hydrogens is 662 g/mol. The predicted octanol–water partition coefficient (Wildman–Crippen LogP) is 4.16. The maximum absolute atomic E-state index is 12.9. The highest BCUT2D eigenvalue weighted by atomic mass is 35.5. The van der Waals surface area contributed by atoms with E-state index in [0.717, 1.165) is 0 Å². The van der Waals surface area contributed by atoms with Crippen molar-refractivity contribution >= 4 is 40.8 Å². The van der Waals surface area contributed by atoms with Crippen molar-refractivity contribution < 1.29 is 57.4 Å². The van der Waals surface area contributed by atoms with E-state index in [2.05, 4.69) is 29.7 Å². The van der Waals surface area contributed by atoms with Crippen molar-refractivity contribution in [1.82, 2.24) is 24.9 Å². The van der Waals surface area contributed by atoms with Crippen LogP contribution in [0.25, 0.3) is 0 Å². The molecule has 0 fully saturated rings. The highest BCUT2D eigenvalue weighted by Crippen LogP contribution is 2.36. The molecule has 4 N–H and O–H groups in total. The van der Waals surface area contributed by atoms with E-state index < -0.39 is 35.4 Å². The number of methoxy groups -OCH3 is 4. The summed E-state index contributed by atoms with van der Waals surface area (Å²) in [4.78, 5) is 41.5. The monoisotopic (exact) mass is 684 g/mol. The number of rotatable bonds is 12. The van der Waals surface area contributed by atoms with Gasteiger partial charge in [0.15, 0.2) is 6.61 Å². The summed E-state index contributed by atoms with van der Waals surface area (Å²) in [7, 11) is 5.63. The number of carbonyl (C=O) groups is 2. The Balaban J connectivity index is 0.000000322. The van der Waals surface area contributed by atoms with Crippen molar-refractivity contribution in [3.63, 3.8) is 0 Å². The number of hydrogen-bond donors (Lipinski definition) is 3. The summed E-state index contributed by atoms with van der Waals surface area (Å²) in [6, 6.07) is 6.87. The molecular formula is C26H23Cl2FN6O11. The number of hydrogen-bond acceptors (Lipinski definition) is 15. The second-order valence-electron chi connectivity index (χ2n) is 8.04. The fourth-order valence-electron chi connectivity index (χ4n) is 3.10. The Bertz CT molecular complexity index is 1610. The van der Waals surface area contributed by atoms with Crippen molar-refractivity contribution in [2.24, 2.45) is 0 Å². The van der Waals surface area contributed by atoms with E-state index in [1.54, 1.807) is 0 Å². The minimum atomic E-state index is -1.32. The molecule has 244 valence electrons. The molecule has 0 bridgehead atoms. The predicted molar refractivity (Wildman–Crippen MR) is 156 cm³/mol. The number of carboxylic acid groups (broad SMARTS) is 2. The van der Waals surface area contributed by atoms with Gasteiger partial charge in [-0.15, -0.1) is 0 Å². The first kappa shape index (κ1) is 34.9. The molecule has 0 aliphatic carbocycles. The van der Waals surface area contributed by atoms with Crippen LogP contribution >= 0.6 is 23.2 Å². The second kappa shape index (κ2) is 15.9. The molecule has 46 heavy (non-hydrogen) atoms. The minimum Gasteiger partial charge on any atom is -0.481 e. The van der Waals surface area contributed by atoms with Crippen molar-refractivity contribution in [1.29, 1.82) is 0 Å². The fourth-order valence-corrected chi connectivity index (χ4v) is 3.48. The molecule has 4 rings (SSSR count). The summed E-state index contributed by atoms with van der Waals surface area (Å²) >= 11 is 11.0. The number of nitrogen functional groups attached to an aromatic ring is 1. The van der Waals surface area contributed by atoms with Crippen LogP contribution in [0.3, 0.4) is 0 Å². The molecule has 0 saturated heterocycles. The zero-order valence-corrected chi connectivity index (χ0v) is 25.6. The molecule has 20 heteroatoms. The van der Waals surface area contributed by atoms with E-state index in [4.69, 9.17) is 62.5 Å². The first-order chi connectivity index (χ1) is 21.9. The van der Waals surface area contributed by atoms with Crippen LogP contribution in [0.5, 0.6) is 52.9 Å². The number of ether oxygens (including phenoxy) is 7. The maximum Gasteiger partial charge on any atom is 0.343 e. The van der Waals surface area contributed by atoms with Crippen LogP contribution in [0.2, 0.25) is 10.0 Å². The first-order valence-corrected chi connectivity index (χ1v) is 13.0. The summed E-state index contributed by atoms with van der Waals surface area (Å²) in [6.07, 6.45) is 0. The van der Waals surface area contributed by atoms with Crippen LogP contribution in [-0.4, -0.2) is 82.1 Å². The quantitative estimate of drug-likeness (QED) is 0.178. The molecule has 3 heterocycles. The molecule has 0 aliphatic rings. The van der Waals surface area contributed by atoms with Crippen LogP contribution in [0.15, 0.2) is 30.3 Å². The molecule has 0 spiro atoms. The molecule has 17 nitrogen and oxygen atoms in total. The van der Waals surface area contributed by atoms with Gasteiger partial charge in [-0.1, -0.05) is 29.3 Å². The van der Waals surface area contributed by atoms with Gasteiger partial charge < -0.3 is 49.1 Å². The average Bonchev–Trinajstić information content (AvgIpc) is 3.04. The molecule has 0 saturated carbocycles. The standard InChI is InChI=1S/C19H18N4O8.C7H5Cl2FN2O3/c1-26-12-8-13(27-2)21-18(20-12)30-10-6-5-7-11(16(10)17(24)25)31-19-22-14(28-3)9-15(23-19)29-4;8-3-5(11)4(9)7(12-6(3)10)15-1-2(13)14/h5-9H,1-4H3,(H,24,25);1H2,(H2,11,12)(H,13,14). The third-order valence-corrected chi connectivity index (χ3v) is 5.86. The molecule has 1 aromatic carbocycles. The van der Waals surface area contributed by atoms with Crippen molar-refractivity contribution in [3.8, 4) is 52.9 Å². The lowest BCUT2D eigenvalue weighted by molar-refractivity contribution is -0.139. The van der Waals surface area contributed by atoms with Crippen LogP contribution in [0.4, 0.5) is 10.1 Å². The van der Waals surface area contributed by atoms with Crippen molar-refractivity contribution in [3.05, 3.63) is 51.9 Å². The molecule has 3 aromatic heterocycles. The maximum atomic E-state index is 12.9.